The van der Waals surface area contributed by atoms with Crippen molar-refractivity contribution in [1.29, 1.82) is 5.26 Å². The normalized spacial score (nSPS) is 10.3. The SMILES string of the molecule is N#Cc1ccc(-c2nc(C(=O)OO)n(CC(=O)NCc3cccc(CO)c3)n2)cc1. The van der Waals surface area contributed by atoms with Crippen molar-refractivity contribution in [3.63, 3.8) is 0 Å². The Bertz CT molecular complexity index is 1100. The zero-order chi connectivity index (χ0) is 21.5. The highest BCUT2D eigenvalue weighted by Crippen LogP contribution is 2.17. The number of hydrogen-bond acceptors (Lipinski definition) is 8. The Morgan fingerprint density at radius 3 is 2.57 bits per heavy atom. The summed E-state index contributed by atoms with van der Waals surface area (Å²) in [4.78, 5) is 31.9. The highest BCUT2D eigenvalue weighted by Gasteiger charge is 2.21. The highest BCUT2D eigenvalue weighted by atomic mass is 17.1. The molecule has 0 aliphatic heterocycles. The first-order valence-corrected chi connectivity index (χ1v) is 8.80. The second-order valence-corrected chi connectivity index (χ2v) is 6.24. The summed E-state index contributed by atoms with van der Waals surface area (Å²) in [5.41, 5.74) is 2.47. The minimum absolute atomic E-state index is 0.106. The smallest absolute Gasteiger partial charge is 0.392 e. The quantitative estimate of drug-likeness (QED) is 0.391. The van der Waals surface area contributed by atoms with Crippen molar-refractivity contribution >= 4 is 11.9 Å². The Hall–Kier alpha value is -4.07. The number of amides is 1. The maximum absolute atomic E-state index is 12.3. The molecule has 1 heterocycles. The summed E-state index contributed by atoms with van der Waals surface area (Å²) in [6, 6.07) is 15.4. The minimum Gasteiger partial charge on any atom is -0.392 e. The largest absolute Gasteiger partial charge is 0.409 e. The molecule has 1 aromatic heterocycles. The molecule has 1 amide bonds. The summed E-state index contributed by atoms with van der Waals surface area (Å²) in [6.45, 7) is -0.234. The van der Waals surface area contributed by atoms with E-state index in [-0.39, 0.29) is 31.3 Å². The predicted octanol–water partition coefficient (Wildman–Crippen LogP) is 1.26. The minimum atomic E-state index is -1.16. The number of nitriles is 1. The van der Waals surface area contributed by atoms with Gasteiger partial charge in [-0.25, -0.2) is 14.5 Å². The van der Waals surface area contributed by atoms with Gasteiger partial charge in [-0.15, -0.1) is 5.10 Å². The van der Waals surface area contributed by atoms with Crippen LogP contribution in [-0.2, 0) is 29.4 Å². The van der Waals surface area contributed by atoms with Crippen LogP contribution in [-0.4, -0.2) is 37.0 Å². The van der Waals surface area contributed by atoms with Crippen LogP contribution in [0.25, 0.3) is 11.4 Å². The molecule has 2 aromatic carbocycles. The molecule has 0 unspecified atom stereocenters. The number of aliphatic hydroxyl groups is 1. The van der Waals surface area contributed by atoms with Crippen molar-refractivity contribution in [3.8, 4) is 17.5 Å². The lowest BCUT2D eigenvalue weighted by Crippen LogP contribution is -2.29. The van der Waals surface area contributed by atoms with Crippen LogP contribution in [0.1, 0.15) is 27.3 Å². The van der Waals surface area contributed by atoms with E-state index in [0.29, 0.717) is 11.1 Å². The van der Waals surface area contributed by atoms with Gasteiger partial charge in [0.25, 0.3) is 0 Å². The van der Waals surface area contributed by atoms with Gasteiger partial charge in [0.1, 0.15) is 6.54 Å². The van der Waals surface area contributed by atoms with Crippen LogP contribution in [0.3, 0.4) is 0 Å². The van der Waals surface area contributed by atoms with Crippen LogP contribution < -0.4 is 5.32 Å². The summed E-state index contributed by atoms with van der Waals surface area (Å²) < 4.78 is 1.02. The van der Waals surface area contributed by atoms with Crippen molar-refractivity contribution < 1.29 is 24.8 Å². The van der Waals surface area contributed by atoms with E-state index in [4.69, 9.17) is 10.5 Å². The number of carbonyl (C=O) groups excluding carboxylic acids is 2. The molecule has 3 rings (SSSR count). The van der Waals surface area contributed by atoms with E-state index >= 15 is 0 Å². The number of benzene rings is 2. The number of nitrogens with one attached hydrogen (secondary N) is 1. The average Bonchev–Trinajstić information content (AvgIpc) is 3.21. The molecule has 0 atom stereocenters. The molecule has 0 saturated carbocycles. The van der Waals surface area contributed by atoms with Gasteiger partial charge in [0.2, 0.25) is 11.7 Å². The summed E-state index contributed by atoms with van der Waals surface area (Å²) in [7, 11) is 0. The van der Waals surface area contributed by atoms with Crippen LogP contribution in [0.5, 0.6) is 0 Å². The van der Waals surface area contributed by atoms with Gasteiger partial charge in [0.15, 0.2) is 5.82 Å². The fraction of sp³-hybridized carbons (Fsp3) is 0.150. The third-order valence-electron chi connectivity index (χ3n) is 4.17. The fourth-order valence-electron chi connectivity index (χ4n) is 2.69. The van der Waals surface area contributed by atoms with Crippen molar-refractivity contribution in [3.05, 3.63) is 71.0 Å². The van der Waals surface area contributed by atoms with Gasteiger partial charge in [-0.3, -0.25) is 9.68 Å². The van der Waals surface area contributed by atoms with E-state index in [0.717, 1.165) is 15.8 Å². The third kappa shape index (κ3) is 4.85. The van der Waals surface area contributed by atoms with E-state index in [2.05, 4.69) is 20.3 Å². The van der Waals surface area contributed by atoms with Crippen molar-refractivity contribution in [2.45, 2.75) is 19.7 Å². The summed E-state index contributed by atoms with van der Waals surface area (Å²) in [6.07, 6.45) is 0. The monoisotopic (exact) mass is 407 g/mol. The van der Waals surface area contributed by atoms with Crippen molar-refractivity contribution in [1.82, 2.24) is 20.1 Å². The number of hydrogen-bond donors (Lipinski definition) is 3. The van der Waals surface area contributed by atoms with Gasteiger partial charge in [-0.2, -0.15) is 10.5 Å². The molecular weight excluding hydrogens is 390 g/mol. The Morgan fingerprint density at radius 2 is 1.90 bits per heavy atom. The van der Waals surface area contributed by atoms with Gasteiger partial charge in [0, 0.05) is 12.1 Å². The maximum Gasteiger partial charge on any atom is 0.409 e. The van der Waals surface area contributed by atoms with E-state index in [1.165, 1.54) is 0 Å². The molecule has 152 valence electrons. The van der Waals surface area contributed by atoms with Crippen LogP contribution in [0.15, 0.2) is 48.5 Å². The van der Waals surface area contributed by atoms with E-state index < -0.39 is 11.9 Å². The molecule has 0 aliphatic carbocycles. The van der Waals surface area contributed by atoms with Crippen LogP contribution >= 0.6 is 0 Å². The summed E-state index contributed by atoms with van der Waals surface area (Å²) >= 11 is 0. The Kier molecular flexibility index (Phi) is 6.49. The van der Waals surface area contributed by atoms with E-state index in [1.54, 1.807) is 48.5 Å². The zero-order valence-corrected chi connectivity index (χ0v) is 15.6. The van der Waals surface area contributed by atoms with Crippen molar-refractivity contribution in [2.75, 3.05) is 0 Å². The Morgan fingerprint density at radius 1 is 1.17 bits per heavy atom. The second kappa shape index (κ2) is 9.42. The molecule has 10 nitrogen and oxygen atoms in total. The van der Waals surface area contributed by atoms with Gasteiger partial charge in [-0.1, -0.05) is 24.3 Å². The predicted molar refractivity (Wildman–Crippen MR) is 102 cm³/mol. The molecule has 0 aliphatic rings. The lowest BCUT2D eigenvalue weighted by molar-refractivity contribution is -0.183. The Labute approximate surface area is 170 Å². The first-order valence-electron chi connectivity index (χ1n) is 8.80. The van der Waals surface area contributed by atoms with Crippen LogP contribution in [0.2, 0.25) is 0 Å². The molecule has 0 fully saturated rings. The zero-order valence-electron chi connectivity index (χ0n) is 15.6. The number of rotatable bonds is 7. The lowest BCUT2D eigenvalue weighted by atomic mass is 10.1. The lowest BCUT2D eigenvalue weighted by Gasteiger charge is -2.07. The Balaban J connectivity index is 1.76. The summed E-state index contributed by atoms with van der Waals surface area (Å²) in [5, 5.41) is 33.6. The molecule has 0 saturated heterocycles. The summed E-state index contributed by atoms with van der Waals surface area (Å²) in [5.74, 6) is -1.84. The number of carbonyl (C=O) groups is 2. The second-order valence-electron chi connectivity index (χ2n) is 6.24. The highest BCUT2D eigenvalue weighted by molar-refractivity contribution is 5.86. The van der Waals surface area contributed by atoms with Crippen LogP contribution in [0.4, 0.5) is 0 Å². The van der Waals surface area contributed by atoms with Gasteiger partial charge in [0.05, 0.1) is 18.2 Å². The first-order chi connectivity index (χ1) is 14.5. The van der Waals surface area contributed by atoms with Gasteiger partial charge < -0.3 is 10.4 Å². The molecule has 0 spiro atoms. The van der Waals surface area contributed by atoms with E-state index in [1.807, 2.05) is 6.07 Å². The molecule has 0 bridgehead atoms. The topological polar surface area (TPSA) is 150 Å². The van der Waals surface area contributed by atoms with Gasteiger partial charge >= 0.3 is 5.97 Å². The molecular formula is C20H17N5O5. The van der Waals surface area contributed by atoms with Crippen LogP contribution in [0, 0.1) is 11.3 Å². The molecule has 30 heavy (non-hydrogen) atoms. The van der Waals surface area contributed by atoms with E-state index in [9.17, 15) is 14.7 Å². The van der Waals surface area contributed by atoms with Crippen molar-refractivity contribution in [2.24, 2.45) is 0 Å². The number of nitrogens with zero attached hydrogens (tertiary/aromatic N) is 4. The number of aliphatic hydroxyl groups excluding tert-OH is 1. The first kappa shape index (κ1) is 20.7. The molecule has 3 aromatic rings. The standard InChI is InChI=1S/C20H17N5O5/c21-9-13-4-6-16(7-5-13)18-23-19(20(28)30-29)25(24-18)11-17(27)22-10-14-2-1-3-15(8-14)12-26/h1-8,26,29H,10-12H2,(H,22,27). The maximum atomic E-state index is 12.3. The molecule has 0 radical (unpaired) electrons. The number of aromatic nitrogens is 3. The van der Waals surface area contributed by atoms with Gasteiger partial charge in [-0.05, 0) is 35.4 Å². The molecule has 3 N–H and O–H groups in total. The average molecular weight is 407 g/mol. The molecule has 10 heteroatoms. The third-order valence-corrected chi connectivity index (χ3v) is 4.17. The fourth-order valence-corrected chi connectivity index (χ4v) is 2.69.